The van der Waals surface area contributed by atoms with E-state index in [1.807, 2.05) is 0 Å². The lowest BCUT2D eigenvalue weighted by Gasteiger charge is -2.22. The maximum absolute atomic E-state index is 13.9. The Morgan fingerprint density at radius 2 is 1.52 bits per heavy atom. The fraction of sp³-hybridized carbons (Fsp3) is 0.125. The second-order valence-corrected chi connectivity index (χ2v) is 6.26. The predicted octanol–water partition coefficient (Wildman–Crippen LogP) is 5.03. The van der Waals surface area contributed by atoms with Crippen molar-refractivity contribution in [3.63, 3.8) is 0 Å². The molecule has 0 saturated carbocycles. The lowest BCUT2D eigenvalue weighted by Crippen LogP contribution is -2.40. The van der Waals surface area contributed by atoms with E-state index >= 15 is 0 Å². The van der Waals surface area contributed by atoms with E-state index in [1.165, 1.54) is 21.2 Å². The maximum atomic E-state index is 13.9. The molecule has 0 aliphatic rings. The summed E-state index contributed by atoms with van der Waals surface area (Å²) in [6.07, 6.45) is -5.01. The van der Waals surface area contributed by atoms with Crippen LogP contribution in [0.1, 0.15) is 10.4 Å². The number of nitrogens with one attached hydrogen (secondary N) is 2. The summed E-state index contributed by atoms with van der Waals surface area (Å²) in [5.41, 5.74) is -1.74. The van der Waals surface area contributed by atoms with Crippen molar-refractivity contribution in [3.05, 3.63) is 59.4 Å². The van der Waals surface area contributed by atoms with Gasteiger partial charge in [0.15, 0.2) is 0 Å². The molecule has 0 heterocycles. The van der Waals surface area contributed by atoms with Crippen molar-refractivity contribution in [2.75, 3.05) is 5.32 Å². The van der Waals surface area contributed by atoms with Gasteiger partial charge in [0.05, 0.1) is 5.69 Å². The summed E-state index contributed by atoms with van der Waals surface area (Å²) < 4.78 is 96.1. The number of carbonyl (C=O) groups excluding carboxylic acids is 2. The van der Waals surface area contributed by atoms with E-state index in [0.717, 1.165) is 18.2 Å². The van der Waals surface area contributed by atoms with Gasteiger partial charge in [-0.2, -0.15) is 17.6 Å². The maximum Gasteiger partial charge on any atom is 0.475 e. The molecule has 2 rings (SSSR count). The molecule has 3 amide bonds. The van der Waals surface area contributed by atoms with Gasteiger partial charge in [-0.05, 0) is 24.3 Å². The Kier molecular flexibility index (Phi) is 6.40. The van der Waals surface area contributed by atoms with Gasteiger partial charge in [-0.1, -0.05) is 6.07 Å². The monoisotopic (exact) mass is 488 g/mol. The third kappa shape index (κ3) is 5.37. The van der Waals surface area contributed by atoms with Crippen molar-refractivity contribution in [2.24, 2.45) is 0 Å². The molecule has 0 unspecified atom stereocenters. The molecule has 0 aliphatic carbocycles. The molecule has 0 saturated heterocycles. The minimum atomic E-state index is -5.01. The number of hydrogen-bond acceptors (Lipinski definition) is 3. The van der Waals surface area contributed by atoms with Crippen LogP contribution in [-0.4, -0.2) is 22.9 Å². The molecule has 0 bridgehead atoms. The first-order valence-corrected chi connectivity index (χ1v) is 8.10. The molecule has 29 heavy (non-hydrogen) atoms. The molecule has 2 aromatic carbocycles. The molecular formula is C16H8BrF7N2O3. The molecule has 0 fully saturated rings. The zero-order valence-corrected chi connectivity index (χ0v) is 15.3. The van der Waals surface area contributed by atoms with Crippen molar-refractivity contribution in [1.82, 2.24) is 5.32 Å². The molecular weight excluding hydrogens is 481 g/mol. The average molecular weight is 489 g/mol. The Morgan fingerprint density at radius 3 is 2.03 bits per heavy atom. The highest BCUT2D eigenvalue weighted by molar-refractivity contribution is 9.10. The van der Waals surface area contributed by atoms with E-state index < -0.39 is 57.3 Å². The van der Waals surface area contributed by atoms with Gasteiger partial charge in [-0.15, -0.1) is 0 Å². The van der Waals surface area contributed by atoms with Crippen LogP contribution >= 0.6 is 15.9 Å². The summed E-state index contributed by atoms with van der Waals surface area (Å²) in [5, 5.41) is 3.31. The van der Waals surface area contributed by atoms with Crippen LogP contribution in [0, 0.1) is 17.5 Å². The van der Waals surface area contributed by atoms with E-state index in [2.05, 4.69) is 4.74 Å². The van der Waals surface area contributed by atoms with Crippen molar-refractivity contribution >= 4 is 33.6 Å². The quantitative estimate of drug-likeness (QED) is 0.458. The topological polar surface area (TPSA) is 67.4 Å². The van der Waals surface area contributed by atoms with Gasteiger partial charge in [0.25, 0.3) is 5.91 Å². The molecule has 0 aromatic heterocycles. The van der Waals surface area contributed by atoms with Gasteiger partial charge in [-0.3, -0.25) is 10.1 Å². The van der Waals surface area contributed by atoms with Gasteiger partial charge in [0.1, 0.15) is 28.8 Å². The second kappa shape index (κ2) is 8.27. The minimum absolute atomic E-state index is 0.265. The third-order valence-corrected chi connectivity index (χ3v) is 3.64. The number of anilines is 1. The van der Waals surface area contributed by atoms with Crippen LogP contribution in [0.15, 0.2) is 36.4 Å². The summed E-state index contributed by atoms with van der Waals surface area (Å²) in [4.78, 5) is 18.7. The first-order valence-electron chi connectivity index (χ1n) is 7.31. The van der Waals surface area contributed by atoms with Crippen LogP contribution in [0.25, 0.3) is 0 Å². The SMILES string of the molecule is O=C(NC(=O)c1c(F)cccc1F)Nc1ccc(OC(F)(F)C(F)(F)Br)cc1F. The summed E-state index contributed by atoms with van der Waals surface area (Å²) in [6, 6.07) is 2.66. The number of ether oxygens (including phenoxy) is 1. The van der Waals surface area contributed by atoms with Crippen LogP contribution in [0.5, 0.6) is 5.75 Å². The highest BCUT2D eigenvalue weighted by Gasteiger charge is 2.57. The van der Waals surface area contributed by atoms with Crippen LogP contribution in [0.2, 0.25) is 0 Å². The predicted molar refractivity (Wildman–Crippen MR) is 88.7 cm³/mol. The second-order valence-electron chi connectivity index (χ2n) is 5.26. The molecule has 156 valence electrons. The fourth-order valence-electron chi connectivity index (χ4n) is 1.90. The molecule has 2 aromatic rings. The molecule has 5 nitrogen and oxygen atoms in total. The van der Waals surface area contributed by atoms with Gasteiger partial charge < -0.3 is 10.1 Å². The third-order valence-electron chi connectivity index (χ3n) is 3.18. The Labute approximate surface area is 166 Å². The Hall–Kier alpha value is -2.83. The van der Waals surface area contributed by atoms with Crippen molar-refractivity contribution in [3.8, 4) is 5.75 Å². The normalized spacial score (nSPS) is 11.7. The fourth-order valence-corrected chi connectivity index (χ4v) is 1.98. The Bertz CT molecular complexity index is 930. The zero-order valence-electron chi connectivity index (χ0n) is 13.7. The van der Waals surface area contributed by atoms with E-state index in [4.69, 9.17) is 0 Å². The number of halogens is 8. The van der Waals surface area contributed by atoms with Crippen LogP contribution in [0.3, 0.4) is 0 Å². The molecule has 0 radical (unpaired) electrons. The summed E-state index contributed by atoms with van der Waals surface area (Å²) in [6.45, 7) is 0. The van der Waals surface area contributed by atoms with E-state index in [1.54, 1.807) is 5.32 Å². The van der Waals surface area contributed by atoms with E-state index in [-0.39, 0.29) is 6.07 Å². The van der Waals surface area contributed by atoms with Crippen LogP contribution in [-0.2, 0) is 0 Å². The number of amides is 3. The lowest BCUT2D eigenvalue weighted by atomic mass is 10.2. The van der Waals surface area contributed by atoms with Crippen molar-refractivity contribution < 1.29 is 45.1 Å². The highest BCUT2D eigenvalue weighted by Crippen LogP contribution is 2.41. The molecule has 0 aliphatic heterocycles. The largest absolute Gasteiger partial charge is 0.475 e. The summed E-state index contributed by atoms with van der Waals surface area (Å²) in [7, 11) is 0. The zero-order chi connectivity index (χ0) is 22.0. The molecule has 2 N–H and O–H groups in total. The number of carbonyl (C=O) groups is 2. The van der Waals surface area contributed by atoms with Crippen LogP contribution in [0.4, 0.5) is 41.2 Å². The molecule has 0 spiro atoms. The Morgan fingerprint density at radius 1 is 0.931 bits per heavy atom. The Balaban J connectivity index is 2.09. The number of alkyl halides is 5. The van der Waals surface area contributed by atoms with Crippen LogP contribution < -0.4 is 15.4 Å². The van der Waals surface area contributed by atoms with Crippen molar-refractivity contribution in [2.45, 2.75) is 10.9 Å². The highest BCUT2D eigenvalue weighted by atomic mass is 79.9. The number of rotatable bonds is 5. The minimum Gasteiger partial charge on any atom is -0.427 e. The first-order chi connectivity index (χ1) is 13.3. The summed E-state index contributed by atoms with van der Waals surface area (Å²) >= 11 is 1.42. The lowest BCUT2D eigenvalue weighted by molar-refractivity contribution is -0.266. The molecule has 13 heteroatoms. The van der Waals surface area contributed by atoms with Gasteiger partial charge in [-0.25, -0.2) is 18.0 Å². The van der Waals surface area contributed by atoms with E-state index in [9.17, 15) is 40.3 Å². The average Bonchev–Trinajstić information content (AvgIpc) is 2.55. The number of urea groups is 1. The molecule has 0 atom stereocenters. The number of hydrogen-bond donors (Lipinski definition) is 2. The number of benzene rings is 2. The smallest absolute Gasteiger partial charge is 0.427 e. The first kappa shape index (κ1) is 22.5. The van der Waals surface area contributed by atoms with Crippen molar-refractivity contribution in [1.29, 1.82) is 0 Å². The van der Waals surface area contributed by atoms with Gasteiger partial charge >= 0.3 is 17.0 Å². The van der Waals surface area contributed by atoms with E-state index in [0.29, 0.717) is 12.1 Å². The van der Waals surface area contributed by atoms with Gasteiger partial charge in [0, 0.05) is 22.0 Å². The van der Waals surface area contributed by atoms with Gasteiger partial charge in [0.2, 0.25) is 0 Å². The number of imide groups is 1. The standard InChI is InChI=1S/C16H8BrF7N2O3/c17-15(21,22)16(23,24)29-7-4-5-11(10(20)6-7)25-14(28)26-13(27)12-8(18)2-1-3-9(12)19/h1-6H,(H2,25,26,27,28). The summed E-state index contributed by atoms with van der Waals surface area (Å²) in [5.74, 6) is -6.38.